The monoisotopic (exact) mass is 514 g/mol. The molecule has 0 fully saturated rings. The normalized spacial score (nSPS) is 12.7. The Labute approximate surface area is 225 Å². The van der Waals surface area contributed by atoms with Gasteiger partial charge < -0.3 is 25.3 Å². The van der Waals surface area contributed by atoms with E-state index in [1.807, 2.05) is 69.3 Å². The van der Waals surface area contributed by atoms with Crippen molar-refractivity contribution >= 4 is 6.09 Å². The second-order valence-electron chi connectivity index (χ2n) is 10.4. The maximum absolute atomic E-state index is 11.9. The van der Waals surface area contributed by atoms with Gasteiger partial charge in [-0.3, -0.25) is 0 Å². The average molecular weight is 515 g/mol. The van der Waals surface area contributed by atoms with Crippen LogP contribution in [0.5, 0.6) is 0 Å². The van der Waals surface area contributed by atoms with Gasteiger partial charge in [0.25, 0.3) is 0 Å². The van der Waals surface area contributed by atoms with Crippen molar-refractivity contribution in [2.75, 3.05) is 13.2 Å². The van der Waals surface area contributed by atoms with E-state index in [-0.39, 0.29) is 18.2 Å². The number of rotatable bonds is 15. The highest BCUT2D eigenvalue weighted by molar-refractivity contribution is 5.68. The maximum atomic E-state index is 11.9. The number of nitrogens with two attached hydrogens (primary N) is 1. The fourth-order valence-electron chi connectivity index (χ4n) is 3.47. The number of carbonyl (C=O) groups excluding carboxylic acids is 1. The van der Waals surface area contributed by atoms with Crippen LogP contribution in [0, 0.1) is 0 Å². The Bertz CT molecular complexity index is 809. The molecule has 0 spiro atoms. The van der Waals surface area contributed by atoms with E-state index in [1.165, 1.54) is 18.4 Å². The Morgan fingerprint density at radius 1 is 0.811 bits per heavy atom. The fourth-order valence-corrected chi connectivity index (χ4v) is 3.47. The first-order chi connectivity index (χ1) is 17.7. The van der Waals surface area contributed by atoms with Crippen LogP contribution in [-0.2, 0) is 27.4 Å². The summed E-state index contributed by atoms with van der Waals surface area (Å²) in [5, 5.41) is 2.91. The minimum absolute atomic E-state index is 0.0153. The standard InChI is InChI=1S/C18H29NO3.C13H21NO/c1-5-6-12-16(19-17(20)22-18(2,3)4)14-21-13-15-10-8-7-9-11-15;1-2-3-9-13(14)11-15-10-12-7-5-4-6-8-12/h7-11,16H,5-6,12-14H2,1-4H3,(H,19,20);4-8,13H,2-3,9-11,14H2,1H3/t16-;13-/m11/s1. The first kappa shape index (κ1) is 32.6. The van der Waals surface area contributed by atoms with Gasteiger partial charge in [-0.1, -0.05) is 100 Å². The number of unbranched alkanes of at least 4 members (excludes halogenated alkanes) is 2. The number of amides is 1. The molecule has 37 heavy (non-hydrogen) atoms. The minimum Gasteiger partial charge on any atom is -0.444 e. The molecule has 2 atom stereocenters. The predicted molar refractivity (Wildman–Crippen MR) is 152 cm³/mol. The van der Waals surface area contributed by atoms with Gasteiger partial charge in [0.2, 0.25) is 0 Å². The first-order valence-corrected chi connectivity index (χ1v) is 13.7. The summed E-state index contributed by atoms with van der Waals surface area (Å²) in [4.78, 5) is 11.9. The third kappa shape index (κ3) is 18.5. The third-order valence-corrected chi connectivity index (χ3v) is 5.43. The van der Waals surface area contributed by atoms with E-state index in [0.29, 0.717) is 26.4 Å². The maximum Gasteiger partial charge on any atom is 0.407 e. The van der Waals surface area contributed by atoms with E-state index >= 15 is 0 Å². The van der Waals surface area contributed by atoms with E-state index in [2.05, 4.69) is 31.3 Å². The summed E-state index contributed by atoms with van der Waals surface area (Å²) >= 11 is 0. The van der Waals surface area contributed by atoms with E-state index in [9.17, 15) is 4.79 Å². The highest BCUT2D eigenvalue weighted by Gasteiger charge is 2.19. The number of hydrogen-bond acceptors (Lipinski definition) is 5. The molecule has 0 bridgehead atoms. The molecule has 2 aromatic carbocycles. The molecule has 208 valence electrons. The lowest BCUT2D eigenvalue weighted by molar-refractivity contribution is 0.0420. The first-order valence-electron chi connectivity index (χ1n) is 13.7. The molecule has 0 saturated carbocycles. The van der Waals surface area contributed by atoms with Crippen molar-refractivity contribution in [3.63, 3.8) is 0 Å². The van der Waals surface area contributed by atoms with Gasteiger partial charge in [0.15, 0.2) is 0 Å². The van der Waals surface area contributed by atoms with Crippen molar-refractivity contribution in [2.45, 2.75) is 104 Å². The van der Waals surface area contributed by atoms with Gasteiger partial charge >= 0.3 is 6.09 Å². The number of alkyl carbamates (subject to hydrolysis) is 1. The highest BCUT2D eigenvalue weighted by atomic mass is 16.6. The largest absolute Gasteiger partial charge is 0.444 e. The Balaban J connectivity index is 0.000000397. The number of hydrogen-bond donors (Lipinski definition) is 2. The topological polar surface area (TPSA) is 82.8 Å². The zero-order chi connectivity index (χ0) is 27.4. The quantitative estimate of drug-likeness (QED) is 0.267. The van der Waals surface area contributed by atoms with Crippen LogP contribution in [0.4, 0.5) is 4.79 Å². The lowest BCUT2D eigenvalue weighted by Crippen LogP contribution is -2.41. The molecular formula is C31H50N2O4. The number of benzene rings is 2. The van der Waals surface area contributed by atoms with E-state index in [1.54, 1.807) is 0 Å². The number of ether oxygens (including phenoxy) is 3. The van der Waals surface area contributed by atoms with Crippen LogP contribution >= 0.6 is 0 Å². The lowest BCUT2D eigenvalue weighted by Gasteiger charge is -2.23. The highest BCUT2D eigenvalue weighted by Crippen LogP contribution is 2.09. The van der Waals surface area contributed by atoms with Crippen molar-refractivity contribution in [1.29, 1.82) is 0 Å². The minimum atomic E-state index is -0.482. The second kappa shape index (κ2) is 19.7. The molecular weight excluding hydrogens is 464 g/mol. The molecule has 0 aliphatic rings. The van der Waals surface area contributed by atoms with Crippen molar-refractivity contribution in [3.8, 4) is 0 Å². The summed E-state index contributed by atoms with van der Waals surface area (Å²) in [5.74, 6) is 0. The second-order valence-corrected chi connectivity index (χ2v) is 10.4. The van der Waals surface area contributed by atoms with Gasteiger partial charge in [-0.2, -0.15) is 0 Å². The van der Waals surface area contributed by atoms with Gasteiger partial charge in [0.1, 0.15) is 5.60 Å². The molecule has 0 aliphatic heterocycles. The van der Waals surface area contributed by atoms with Gasteiger partial charge in [-0.15, -0.1) is 0 Å². The van der Waals surface area contributed by atoms with Gasteiger partial charge in [0, 0.05) is 6.04 Å². The molecule has 3 N–H and O–H groups in total. The molecule has 0 aromatic heterocycles. The van der Waals surface area contributed by atoms with Gasteiger partial charge in [0.05, 0.1) is 32.5 Å². The average Bonchev–Trinajstić information content (AvgIpc) is 2.86. The molecule has 2 rings (SSSR count). The lowest BCUT2D eigenvalue weighted by atomic mass is 10.1. The summed E-state index contributed by atoms with van der Waals surface area (Å²) in [6.45, 7) is 12.3. The summed E-state index contributed by atoms with van der Waals surface area (Å²) in [6.07, 6.45) is 6.11. The van der Waals surface area contributed by atoms with E-state index in [4.69, 9.17) is 19.9 Å². The number of carbonyl (C=O) groups is 1. The van der Waals surface area contributed by atoms with Gasteiger partial charge in [-0.05, 0) is 44.7 Å². The summed E-state index contributed by atoms with van der Waals surface area (Å²) < 4.78 is 16.6. The van der Waals surface area contributed by atoms with Crippen LogP contribution in [0.1, 0.15) is 84.3 Å². The molecule has 0 unspecified atom stereocenters. The fraction of sp³-hybridized carbons (Fsp3) is 0.581. The molecule has 0 aliphatic carbocycles. The predicted octanol–water partition coefficient (Wildman–Crippen LogP) is 7.01. The Kier molecular flexibility index (Phi) is 17.3. The number of nitrogens with one attached hydrogen (secondary N) is 1. The molecule has 6 nitrogen and oxygen atoms in total. The molecule has 6 heteroatoms. The molecule has 0 saturated heterocycles. The third-order valence-electron chi connectivity index (χ3n) is 5.43. The van der Waals surface area contributed by atoms with Crippen LogP contribution in [0.2, 0.25) is 0 Å². The van der Waals surface area contributed by atoms with Crippen molar-refractivity contribution < 1.29 is 19.0 Å². The van der Waals surface area contributed by atoms with Crippen LogP contribution in [-0.4, -0.2) is 37.0 Å². The van der Waals surface area contributed by atoms with Crippen molar-refractivity contribution in [3.05, 3.63) is 71.8 Å². The van der Waals surface area contributed by atoms with Crippen molar-refractivity contribution in [1.82, 2.24) is 5.32 Å². The molecule has 2 aromatic rings. The zero-order valence-corrected chi connectivity index (χ0v) is 23.7. The SMILES string of the molecule is CCCC[C@@H](N)COCc1ccccc1.CCCC[C@H](COCc1ccccc1)NC(=O)OC(C)(C)C. The van der Waals surface area contributed by atoms with Crippen LogP contribution in [0.25, 0.3) is 0 Å². The Morgan fingerprint density at radius 2 is 1.30 bits per heavy atom. The molecule has 1 amide bonds. The van der Waals surface area contributed by atoms with Crippen LogP contribution < -0.4 is 11.1 Å². The zero-order valence-electron chi connectivity index (χ0n) is 23.7. The molecule has 0 heterocycles. The van der Waals surface area contributed by atoms with E-state index < -0.39 is 5.60 Å². The van der Waals surface area contributed by atoms with Crippen LogP contribution in [0.3, 0.4) is 0 Å². The summed E-state index contributed by atoms with van der Waals surface area (Å²) in [7, 11) is 0. The van der Waals surface area contributed by atoms with Crippen LogP contribution in [0.15, 0.2) is 60.7 Å². The Morgan fingerprint density at radius 3 is 1.78 bits per heavy atom. The van der Waals surface area contributed by atoms with Gasteiger partial charge in [-0.25, -0.2) is 4.79 Å². The molecule has 0 radical (unpaired) electrons. The summed E-state index contributed by atoms with van der Waals surface area (Å²) in [5.41, 5.74) is 7.76. The summed E-state index contributed by atoms with van der Waals surface area (Å²) in [6, 6.07) is 20.4. The smallest absolute Gasteiger partial charge is 0.407 e. The van der Waals surface area contributed by atoms with Crippen molar-refractivity contribution in [2.24, 2.45) is 5.73 Å². The van der Waals surface area contributed by atoms with E-state index in [0.717, 1.165) is 31.2 Å². The Hall–Kier alpha value is -2.41.